The molecule has 1 N–H and O–H groups in total. The van der Waals surface area contributed by atoms with Crippen molar-refractivity contribution in [2.75, 3.05) is 32.2 Å². The number of carbonyl (C=O) groups is 1. The van der Waals surface area contributed by atoms with E-state index in [2.05, 4.69) is 10.1 Å². The van der Waals surface area contributed by atoms with Gasteiger partial charge in [0, 0.05) is 6.26 Å². The average molecular weight is 235 g/mol. The highest BCUT2D eigenvalue weighted by Crippen LogP contribution is 2.21. The van der Waals surface area contributed by atoms with Crippen LogP contribution in [0.3, 0.4) is 0 Å². The van der Waals surface area contributed by atoms with Crippen molar-refractivity contribution in [3.8, 4) is 0 Å². The molecule has 1 saturated heterocycles. The standard InChI is InChI=1S/C9H17NO4S/c1-14-9(11)8(6-15(2,12)13)7-3-4-10-5-7/h7-8,10H,3-6H2,1-2H3. The minimum Gasteiger partial charge on any atom is -0.469 e. The van der Waals surface area contributed by atoms with Gasteiger partial charge in [0.2, 0.25) is 0 Å². The zero-order valence-corrected chi connectivity index (χ0v) is 9.84. The average Bonchev–Trinajstić information content (AvgIpc) is 2.64. The summed E-state index contributed by atoms with van der Waals surface area (Å²) in [7, 11) is -1.85. The van der Waals surface area contributed by atoms with E-state index in [1.807, 2.05) is 0 Å². The molecule has 0 aromatic rings. The third-order valence-corrected chi connectivity index (χ3v) is 3.62. The molecule has 0 amide bonds. The molecule has 0 spiro atoms. The summed E-state index contributed by atoms with van der Waals surface area (Å²) >= 11 is 0. The SMILES string of the molecule is COC(=O)C(CS(C)(=O)=O)C1CCNC1. The number of hydrogen-bond donors (Lipinski definition) is 1. The molecule has 0 radical (unpaired) electrons. The molecule has 15 heavy (non-hydrogen) atoms. The van der Waals surface area contributed by atoms with Gasteiger partial charge in [0.25, 0.3) is 0 Å². The Hall–Kier alpha value is -0.620. The Balaban J connectivity index is 2.73. The van der Waals surface area contributed by atoms with Crippen molar-refractivity contribution in [3.05, 3.63) is 0 Å². The lowest BCUT2D eigenvalue weighted by atomic mass is 9.93. The van der Waals surface area contributed by atoms with Crippen LogP contribution in [0.25, 0.3) is 0 Å². The van der Waals surface area contributed by atoms with Crippen LogP contribution in [0.5, 0.6) is 0 Å². The number of esters is 1. The van der Waals surface area contributed by atoms with Crippen LogP contribution in [0.4, 0.5) is 0 Å². The van der Waals surface area contributed by atoms with Crippen molar-refractivity contribution >= 4 is 15.8 Å². The normalized spacial score (nSPS) is 23.7. The smallest absolute Gasteiger partial charge is 0.310 e. The van der Waals surface area contributed by atoms with E-state index in [9.17, 15) is 13.2 Å². The lowest BCUT2D eigenvalue weighted by molar-refractivity contribution is -0.146. The van der Waals surface area contributed by atoms with Gasteiger partial charge in [-0.1, -0.05) is 0 Å². The minimum absolute atomic E-state index is 0.0761. The van der Waals surface area contributed by atoms with E-state index in [4.69, 9.17) is 0 Å². The van der Waals surface area contributed by atoms with Crippen LogP contribution in [0.1, 0.15) is 6.42 Å². The zero-order valence-electron chi connectivity index (χ0n) is 9.02. The molecule has 0 aromatic carbocycles. The third-order valence-electron chi connectivity index (χ3n) is 2.65. The molecule has 1 heterocycles. The number of nitrogens with one attached hydrogen (secondary N) is 1. The number of hydrogen-bond acceptors (Lipinski definition) is 5. The van der Waals surface area contributed by atoms with E-state index in [0.717, 1.165) is 19.2 Å². The fourth-order valence-corrected chi connectivity index (χ4v) is 2.96. The Labute approximate surface area is 90.1 Å². The van der Waals surface area contributed by atoms with Crippen LogP contribution in [0.15, 0.2) is 0 Å². The Bertz CT molecular complexity index is 319. The van der Waals surface area contributed by atoms with E-state index >= 15 is 0 Å². The van der Waals surface area contributed by atoms with Gasteiger partial charge in [0.05, 0.1) is 18.8 Å². The van der Waals surface area contributed by atoms with Gasteiger partial charge in [-0.15, -0.1) is 0 Å². The summed E-state index contributed by atoms with van der Waals surface area (Å²) in [6.45, 7) is 1.53. The highest BCUT2D eigenvalue weighted by atomic mass is 32.2. The predicted octanol–water partition coefficient (Wildman–Crippen LogP) is -0.570. The quantitative estimate of drug-likeness (QED) is 0.661. The maximum absolute atomic E-state index is 11.5. The number of carbonyl (C=O) groups excluding carboxylic acids is 1. The second-order valence-corrected chi connectivity index (χ2v) is 6.16. The van der Waals surface area contributed by atoms with Gasteiger partial charge < -0.3 is 10.1 Å². The first-order chi connectivity index (χ1) is 6.94. The maximum atomic E-state index is 11.5. The van der Waals surface area contributed by atoms with Crippen molar-refractivity contribution < 1.29 is 17.9 Å². The molecule has 1 aliphatic heterocycles. The summed E-state index contributed by atoms with van der Waals surface area (Å²) in [5.74, 6) is -0.993. The largest absolute Gasteiger partial charge is 0.469 e. The fourth-order valence-electron chi connectivity index (χ4n) is 1.89. The highest BCUT2D eigenvalue weighted by molar-refractivity contribution is 7.90. The van der Waals surface area contributed by atoms with Crippen molar-refractivity contribution in [2.24, 2.45) is 11.8 Å². The van der Waals surface area contributed by atoms with Gasteiger partial charge in [-0.2, -0.15) is 0 Å². The molecule has 0 aromatic heterocycles. The lowest BCUT2D eigenvalue weighted by Gasteiger charge is -2.19. The van der Waals surface area contributed by atoms with Crippen molar-refractivity contribution in [1.29, 1.82) is 0 Å². The molecule has 0 aliphatic carbocycles. The number of methoxy groups -OCH3 is 1. The number of ether oxygens (including phenoxy) is 1. The van der Waals surface area contributed by atoms with E-state index in [1.165, 1.54) is 7.11 Å². The second-order valence-electron chi connectivity index (χ2n) is 3.97. The van der Waals surface area contributed by atoms with Crippen LogP contribution < -0.4 is 5.32 Å². The molecule has 1 fully saturated rings. The van der Waals surface area contributed by atoms with Crippen molar-refractivity contribution in [3.63, 3.8) is 0 Å². The first-order valence-electron chi connectivity index (χ1n) is 4.90. The first-order valence-corrected chi connectivity index (χ1v) is 6.96. The molecule has 2 unspecified atom stereocenters. The molecule has 5 nitrogen and oxygen atoms in total. The summed E-state index contributed by atoms with van der Waals surface area (Å²) in [6.07, 6.45) is 1.97. The molecule has 88 valence electrons. The number of rotatable bonds is 4. The molecular formula is C9H17NO4S. The molecule has 1 aliphatic rings. The van der Waals surface area contributed by atoms with E-state index in [-0.39, 0.29) is 11.7 Å². The summed E-state index contributed by atoms with van der Waals surface area (Å²) in [6, 6.07) is 0. The summed E-state index contributed by atoms with van der Waals surface area (Å²) < 4.78 is 27.0. The molecule has 2 atom stereocenters. The molecule has 0 saturated carbocycles. The van der Waals surface area contributed by atoms with Gasteiger partial charge in [0.1, 0.15) is 9.84 Å². The molecule has 0 bridgehead atoms. The topological polar surface area (TPSA) is 72.5 Å². The Morgan fingerprint density at radius 3 is 2.67 bits per heavy atom. The Kier molecular flexibility index (Phi) is 4.10. The van der Waals surface area contributed by atoms with Crippen LogP contribution in [-0.2, 0) is 19.4 Å². The van der Waals surface area contributed by atoms with Crippen LogP contribution in [0, 0.1) is 11.8 Å². The lowest BCUT2D eigenvalue weighted by Crippen LogP contribution is -2.32. The van der Waals surface area contributed by atoms with Gasteiger partial charge in [-0.25, -0.2) is 8.42 Å². The van der Waals surface area contributed by atoms with Crippen LogP contribution >= 0.6 is 0 Å². The van der Waals surface area contributed by atoms with Gasteiger partial charge in [0.15, 0.2) is 0 Å². The van der Waals surface area contributed by atoms with E-state index in [0.29, 0.717) is 6.54 Å². The zero-order chi connectivity index (χ0) is 11.5. The van der Waals surface area contributed by atoms with E-state index in [1.54, 1.807) is 0 Å². The van der Waals surface area contributed by atoms with Crippen molar-refractivity contribution in [1.82, 2.24) is 5.32 Å². The van der Waals surface area contributed by atoms with Gasteiger partial charge in [-0.05, 0) is 25.4 Å². The fraction of sp³-hybridized carbons (Fsp3) is 0.889. The monoisotopic (exact) mass is 235 g/mol. The molecular weight excluding hydrogens is 218 g/mol. The van der Waals surface area contributed by atoms with Crippen LogP contribution in [0.2, 0.25) is 0 Å². The predicted molar refractivity (Wildman–Crippen MR) is 56.2 cm³/mol. The second kappa shape index (κ2) is 4.94. The first kappa shape index (κ1) is 12.4. The Morgan fingerprint density at radius 2 is 2.27 bits per heavy atom. The summed E-state index contributed by atoms with van der Waals surface area (Å²) in [5, 5.41) is 3.11. The molecule has 6 heteroatoms. The van der Waals surface area contributed by atoms with Crippen LogP contribution in [-0.4, -0.2) is 46.6 Å². The highest BCUT2D eigenvalue weighted by Gasteiger charge is 2.33. The summed E-state index contributed by atoms with van der Waals surface area (Å²) in [4.78, 5) is 11.5. The van der Waals surface area contributed by atoms with E-state index < -0.39 is 21.7 Å². The molecule has 1 rings (SSSR count). The Morgan fingerprint density at radius 1 is 1.60 bits per heavy atom. The third kappa shape index (κ3) is 3.79. The maximum Gasteiger partial charge on any atom is 0.310 e. The van der Waals surface area contributed by atoms with Crippen molar-refractivity contribution in [2.45, 2.75) is 6.42 Å². The minimum atomic E-state index is -3.14. The summed E-state index contributed by atoms with van der Waals surface area (Å²) in [5.41, 5.74) is 0. The number of sulfone groups is 1. The van der Waals surface area contributed by atoms with Gasteiger partial charge >= 0.3 is 5.97 Å². The van der Waals surface area contributed by atoms with Gasteiger partial charge in [-0.3, -0.25) is 4.79 Å².